The second kappa shape index (κ2) is 9.76. The van der Waals surface area contributed by atoms with Crippen LogP contribution in [0.2, 0.25) is 0 Å². The number of hydroxylamine groups is 1. The summed E-state index contributed by atoms with van der Waals surface area (Å²) in [5.41, 5.74) is 3.89. The topological polar surface area (TPSA) is 89.5 Å². The third-order valence-corrected chi connectivity index (χ3v) is 5.74. The van der Waals surface area contributed by atoms with Crippen LogP contribution in [0.3, 0.4) is 0 Å². The molecule has 2 fully saturated rings. The molecular formula is C23H28N2O6. The smallest absolute Gasteiger partial charge is 0.260 e. The lowest BCUT2D eigenvalue weighted by atomic mass is 10.1. The van der Waals surface area contributed by atoms with Crippen LogP contribution in [0.5, 0.6) is 5.75 Å². The number of carbonyl (C=O) groups is 1. The van der Waals surface area contributed by atoms with Gasteiger partial charge >= 0.3 is 0 Å². The zero-order chi connectivity index (χ0) is 21.7. The fraction of sp³-hybridized carbons (Fsp3) is 0.435. The Morgan fingerprint density at radius 2 is 1.84 bits per heavy atom. The second-order valence-corrected chi connectivity index (χ2v) is 7.90. The number of methoxy groups -OCH3 is 1. The summed E-state index contributed by atoms with van der Waals surface area (Å²) in [6.07, 6.45) is 0.160. The predicted molar refractivity (Wildman–Crippen MR) is 111 cm³/mol. The molecule has 8 heteroatoms. The van der Waals surface area contributed by atoms with Gasteiger partial charge < -0.3 is 18.9 Å². The summed E-state index contributed by atoms with van der Waals surface area (Å²) in [5, 5.41) is 9.21. The Bertz CT molecular complexity index is 852. The van der Waals surface area contributed by atoms with Crippen molar-refractivity contribution in [2.75, 3.05) is 26.9 Å². The van der Waals surface area contributed by atoms with E-state index in [4.69, 9.17) is 18.9 Å². The average molecular weight is 428 g/mol. The van der Waals surface area contributed by atoms with Gasteiger partial charge in [-0.1, -0.05) is 42.5 Å². The number of ether oxygens (including phenoxy) is 4. The van der Waals surface area contributed by atoms with Crippen molar-refractivity contribution in [3.63, 3.8) is 0 Å². The number of nitrogens with one attached hydrogen (secondary N) is 1. The van der Waals surface area contributed by atoms with E-state index in [-0.39, 0.29) is 6.10 Å². The molecule has 2 saturated heterocycles. The minimum Gasteiger partial charge on any atom is -0.497 e. The van der Waals surface area contributed by atoms with Gasteiger partial charge in [-0.3, -0.25) is 14.9 Å². The van der Waals surface area contributed by atoms with E-state index in [0.717, 1.165) is 16.9 Å². The highest BCUT2D eigenvalue weighted by molar-refractivity contribution is 5.81. The van der Waals surface area contributed by atoms with Crippen molar-refractivity contribution in [3.8, 4) is 5.75 Å². The lowest BCUT2D eigenvalue weighted by Crippen LogP contribution is -2.48. The molecule has 2 aliphatic heterocycles. The van der Waals surface area contributed by atoms with Crippen LogP contribution in [0.25, 0.3) is 0 Å². The fourth-order valence-corrected chi connectivity index (χ4v) is 4.05. The molecule has 0 unspecified atom stereocenters. The first-order valence-corrected chi connectivity index (χ1v) is 10.4. The quantitative estimate of drug-likeness (QED) is 0.516. The molecule has 0 aliphatic carbocycles. The molecule has 0 saturated carbocycles. The van der Waals surface area contributed by atoms with Gasteiger partial charge in [-0.05, 0) is 23.3 Å². The Morgan fingerprint density at radius 3 is 2.48 bits per heavy atom. The SMILES string of the molecule is COc1ccc(CN2CC3(C[C@@H]2C(=O)NO)OCC(OCc2ccccc2)CO3)cc1. The summed E-state index contributed by atoms with van der Waals surface area (Å²) < 4.78 is 23.3. The van der Waals surface area contributed by atoms with Gasteiger partial charge in [-0.2, -0.15) is 0 Å². The Balaban J connectivity index is 1.36. The number of amides is 1. The third kappa shape index (κ3) is 5.23. The summed E-state index contributed by atoms with van der Waals surface area (Å²) in [6, 6.07) is 17.0. The lowest BCUT2D eigenvalue weighted by Gasteiger charge is -2.37. The molecule has 8 nitrogen and oxygen atoms in total. The zero-order valence-electron chi connectivity index (χ0n) is 17.5. The van der Waals surface area contributed by atoms with Crippen LogP contribution < -0.4 is 10.2 Å². The van der Waals surface area contributed by atoms with Gasteiger partial charge in [0, 0.05) is 13.0 Å². The zero-order valence-corrected chi connectivity index (χ0v) is 17.5. The standard InChI is InChI=1S/C23H28N2O6/c1-28-19-9-7-17(8-10-19)12-25-16-23(11-21(25)22(26)24-27)30-14-20(15-31-23)29-13-18-5-3-2-4-6-18/h2-10,20-21,27H,11-16H2,1H3,(H,24,26)/t20?,21-,23?/m1/s1. The van der Waals surface area contributed by atoms with E-state index < -0.39 is 17.7 Å². The molecule has 0 radical (unpaired) electrons. The number of hydrogen-bond donors (Lipinski definition) is 2. The lowest BCUT2D eigenvalue weighted by molar-refractivity contribution is -0.291. The molecule has 1 spiro atoms. The fourth-order valence-electron chi connectivity index (χ4n) is 4.05. The van der Waals surface area contributed by atoms with Gasteiger partial charge in [0.15, 0.2) is 5.79 Å². The summed E-state index contributed by atoms with van der Waals surface area (Å²) in [6.45, 7) is 2.20. The molecule has 1 amide bonds. The maximum atomic E-state index is 12.3. The molecular weight excluding hydrogens is 400 g/mol. The highest BCUT2D eigenvalue weighted by Crippen LogP contribution is 2.36. The normalized spacial score (nSPS) is 26.1. The van der Waals surface area contributed by atoms with Crippen LogP contribution in [0, 0.1) is 0 Å². The van der Waals surface area contributed by atoms with Crippen LogP contribution in [-0.2, 0) is 32.2 Å². The van der Waals surface area contributed by atoms with Gasteiger partial charge in [0.05, 0.1) is 39.5 Å². The molecule has 2 N–H and O–H groups in total. The molecule has 2 aromatic carbocycles. The van der Waals surface area contributed by atoms with Crippen LogP contribution in [0.4, 0.5) is 0 Å². The summed E-state index contributed by atoms with van der Waals surface area (Å²) in [5.74, 6) is -0.595. The van der Waals surface area contributed by atoms with Gasteiger partial charge in [0.1, 0.15) is 11.9 Å². The largest absolute Gasteiger partial charge is 0.497 e. The summed E-state index contributed by atoms with van der Waals surface area (Å²) in [4.78, 5) is 14.3. The molecule has 0 bridgehead atoms. The molecule has 166 valence electrons. The molecule has 31 heavy (non-hydrogen) atoms. The molecule has 0 aromatic heterocycles. The van der Waals surface area contributed by atoms with E-state index >= 15 is 0 Å². The van der Waals surface area contributed by atoms with Crippen molar-refractivity contribution >= 4 is 5.91 Å². The second-order valence-electron chi connectivity index (χ2n) is 7.90. The van der Waals surface area contributed by atoms with Crippen LogP contribution in [-0.4, -0.2) is 60.8 Å². The molecule has 2 aromatic rings. The molecule has 2 heterocycles. The van der Waals surface area contributed by atoms with E-state index in [1.54, 1.807) is 12.6 Å². The van der Waals surface area contributed by atoms with E-state index in [1.165, 1.54) is 0 Å². The predicted octanol–water partition coefficient (Wildman–Crippen LogP) is 2.10. The Morgan fingerprint density at radius 1 is 1.13 bits per heavy atom. The van der Waals surface area contributed by atoms with Crippen molar-refractivity contribution in [2.45, 2.75) is 37.5 Å². The van der Waals surface area contributed by atoms with Gasteiger partial charge in [-0.25, -0.2) is 5.48 Å². The van der Waals surface area contributed by atoms with Crippen molar-refractivity contribution in [1.82, 2.24) is 10.4 Å². The Hall–Kier alpha value is -2.49. The first kappa shape index (κ1) is 21.7. The van der Waals surface area contributed by atoms with Crippen LogP contribution in [0.1, 0.15) is 17.5 Å². The third-order valence-electron chi connectivity index (χ3n) is 5.74. The number of benzene rings is 2. The Labute approximate surface area is 181 Å². The van der Waals surface area contributed by atoms with E-state index in [1.807, 2.05) is 59.5 Å². The number of nitrogens with zero attached hydrogens (tertiary/aromatic N) is 1. The highest BCUT2D eigenvalue weighted by atomic mass is 16.7. The first-order chi connectivity index (χ1) is 15.1. The highest BCUT2D eigenvalue weighted by Gasteiger charge is 2.51. The maximum absolute atomic E-state index is 12.3. The maximum Gasteiger partial charge on any atom is 0.260 e. The molecule has 1 atom stereocenters. The average Bonchev–Trinajstić information content (AvgIpc) is 3.17. The monoisotopic (exact) mass is 428 g/mol. The van der Waals surface area contributed by atoms with Crippen molar-refractivity contribution in [1.29, 1.82) is 0 Å². The van der Waals surface area contributed by atoms with Crippen LogP contribution in [0.15, 0.2) is 54.6 Å². The summed E-state index contributed by atoms with van der Waals surface area (Å²) >= 11 is 0. The first-order valence-electron chi connectivity index (χ1n) is 10.4. The number of hydrogen-bond acceptors (Lipinski definition) is 7. The van der Waals surface area contributed by atoms with E-state index in [0.29, 0.717) is 39.3 Å². The van der Waals surface area contributed by atoms with E-state index in [2.05, 4.69) is 0 Å². The summed E-state index contributed by atoms with van der Waals surface area (Å²) in [7, 11) is 1.62. The number of rotatable bonds is 7. The van der Waals surface area contributed by atoms with Crippen molar-refractivity contribution < 1.29 is 28.9 Å². The number of likely N-dealkylation sites (tertiary alicyclic amines) is 1. The minimum atomic E-state index is -0.893. The molecule has 2 aliphatic rings. The van der Waals surface area contributed by atoms with Gasteiger partial charge in [-0.15, -0.1) is 0 Å². The minimum absolute atomic E-state index is 0.174. The van der Waals surface area contributed by atoms with Crippen molar-refractivity contribution in [2.24, 2.45) is 0 Å². The van der Waals surface area contributed by atoms with E-state index in [9.17, 15) is 10.0 Å². The Kier molecular flexibility index (Phi) is 6.84. The van der Waals surface area contributed by atoms with Gasteiger partial charge in [0.2, 0.25) is 0 Å². The van der Waals surface area contributed by atoms with Gasteiger partial charge in [0.25, 0.3) is 5.91 Å². The van der Waals surface area contributed by atoms with Crippen LogP contribution >= 0.6 is 0 Å². The van der Waals surface area contributed by atoms with Crippen molar-refractivity contribution in [3.05, 3.63) is 65.7 Å². The molecule has 4 rings (SSSR count). The number of carbonyl (C=O) groups excluding carboxylic acids is 1.